The SMILES string of the molecule is CCc1c(Cl)nc(-c2ccccc2)nc1NCCO. The van der Waals surface area contributed by atoms with Crippen molar-refractivity contribution in [2.45, 2.75) is 13.3 Å². The second-order valence-electron chi connectivity index (χ2n) is 4.04. The first kappa shape index (κ1) is 13.8. The molecule has 4 nitrogen and oxygen atoms in total. The van der Waals surface area contributed by atoms with Gasteiger partial charge in [-0.05, 0) is 6.42 Å². The summed E-state index contributed by atoms with van der Waals surface area (Å²) in [6.07, 6.45) is 0.738. The van der Waals surface area contributed by atoms with Crippen LogP contribution >= 0.6 is 11.6 Å². The van der Waals surface area contributed by atoms with E-state index in [9.17, 15) is 0 Å². The number of nitrogens with zero attached hydrogens (tertiary/aromatic N) is 2. The van der Waals surface area contributed by atoms with Crippen molar-refractivity contribution in [1.29, 1.82) is 0 Å². The molecular formula is C14H16ClN3O. The van der Waals surface area contributed by atoms with Crippen molar-refractivity contribution in [3.63, 3.8) is 0 Å². The van der Waals surface area contributed by atoms with E-state index in [2.05, 4.69) is 15.3 Å². The fourth-order valence-corrected chi connectivity index (χ4v) is 2.11. The van der Waals surface area contributed by atoms with Crippen molar-refractivity contribution in [1.82, 2.24) is 9.97 Å². The van der Waals surface area contributed by atoms with E-state index in [-0.39, 0.29) is 6.61 Å². The molecule has 0 atom stereocenters. The number of anilines is 1. The summed E-state index contributed by atoms with van der Waals surface area (Å²) >= 11 is 6.21. The number of aliphatic hydroxyl groups excluding tert-OH is 1. The molecule has 0 bridgehead atoms. The molecule has 2 rings (SSSR count). The molecule has 2 N–H and O–H groups in total. The van der Waals surface area contributed by atoms with E-state index in [1.807, 2.05) is 37.3 Å². The maximum Gasteiger partial charge on any atom is 0.163 e. The Bertz CT molecular complexity index is 546. The van der Waals surface area contributed by atoms with Crippen molar-refractivity contribution in [3.05, 3.63) is 41.0 Å². The Hall–Kier alpha value is -1.65. The summed E-state index contributed by atoms with van der Waals surface area (Å²) in [6, 6.07) is 9.68. The number of aliphatic hydroxyl groups is 1. The van der Waals surface area contributed by atoms with E-state index in [4.69, 9.17) is 16.7 Å². The third-order valence-electron chi connectivity index (χ3n) is 2.75. The Morgan fingerprint density at radius 3 is 2.58 bits per heavy atom. The van der Waals surface area contributed by atoms with Crippen LogP contribution in [0.2, 0.25) is 5.15 Å². The van der Waals surface area contributed by atoms with E-state index >= 15 is 0 Å². The van der Waals surface area contributed by atoms with Crippen LogP contribution in [-0.4, -0.2) is 28.2 Å². The van der Waals surface area contributed by atoms with E-state index in [1.165, 1.54) is 0 Å². The minimum atomic E-state index is 0.0471. The van der Waals surface area contributed by atoms with Crippen LogP contribution in [0, 0.1) is 0 Å². The molecule has 0 radical (unpaired) electrons. The summed E-state index contributed by atoms with van der Waals surface area (Å²) in [4.78, 5) is 8.83. The monoisotopic (exact) mass is 277 g/mol. The molecule has 0 aliphatic heterocycles. The zero-order valence-corrected chi connectivity index (χ0v) is 11.5. The van der Waals surface area contributed by atoms with Gasteiger partial charge >= 0.3 is 0 Å². The third-order valence-corrected chi connectivity index (χ3v) is 3.06. The molecular weight excluding hydrogens is 262 g/mol. The number of halogens is 1. The van der Waals surface area contributed by atoms with Gasteiger partial charge in [-0.2, -0.15) is 0 Å². The Kier molecular flexibility index (Phi) is 4.71. The zero-order valence-electron chi connectivity index (χ0n) is 10.7. The minimum Gasteiger partial charge on any atom is -0.395 e. The number of aromatic nitrogens is 2. The molecule has 0 saturated heterocycles. The number of hydrogen-bond acceptors (Lipinski definition) is 4. The predicted molar refractivity (Wildman–Crippen MR) is 77.4 cm³/mol. The summed E-state index contributed by atoms with van der Waals surface area (Å²) in [5.74, 6) is 1.28. The van der Waals surface area contributed by atoms with Crippen LogP contribution in [0.15, 0.2) is 30.3 Å². The first-order chi connectivity index (χ1) is 9.26. The molecule has 0 saturated carbocycles. The van der Waals surface area contributed by atoms with E-state index < -0.39 is 0 Å². The average Bonchev–Trinajstić information content (AvgIpc) is 2.45. The van der Waals surface area contributed by atoms with Crippen LogP contribution in [0.4, 0.5) is 5.82 Å². The van der Waals surface area contributed by atoms with Gasteiger partial charge in [-0.3, -0.25) is 0 Å². The van der Waals surface area contributed by atoms with E-state index in [1.54, 1.807) is 0 Å². The molecule has 1 heterocycles. The van der Waals surface area contributed by atoms with Gasteiger partial charge in [0, 0.05) is 17.7 Å². The molecule has 0 aliphatic rings. The largest absolute Gasteiger partial charge is 0.395 e. The smallest absolute Gasteiger partial charge is 0.163 e. The first-order valence-electron chi connectivity index (χ1n) is 6.22. The van der Waals surface area contributed by atoms with Gasteiger partial charge in [0.1, 0.15) is 11.0 Å². The maximum atomic E-state index is 8.91. The van der Waals surface area contributed by atoms with Gasteiger partial charge in [-0.25, -0.2) is 9.97 Å². The van der Waals surface area contributed by atoms with Gasteiger partial charge in [0.25, 0.3) is 0 Å². The summed E-state index contributed by atoms with van der Waals surface area (Å²) < 4.78 is 0. The second-order valence-corrected chi connectivity index (χ2v) is 4.39. The van der Waals surface area contributed by atoms with Gasteiger partial charge in [-0.1, -0.05) is 48.9 Å². The predicted octanol–water partition coefficient (Wildman–Crippen LogP) is 2.76. The highest BCUT2D eigenvalue weighted by molar-refractivity contribution is 6.30. The Morgan fingerprint density at radius 1 is 1.21 bits per heavy atom. The number of benzene rings is 1. The lowest BCUT2D eigenvalue weighted by Crippen LogP contribution is -2.11. The maximum absolute atomic E-state index is 8.91. The number of hydrogen-bond donors (Lipinski definition) is 2. The van der Waals surface area contributed by atoms with Crippen LogP contribution in [0.3, 0.4) is 0 Å². The van der Waals surface area contributed by atoms with Gasteiger partial charge in [0.05, 0.1) is 6.61 Å². The summed E-state index contributed by atoms with van der Waals surface area (Å²) in [7, 11) is 0. The van der Waals surface area contributed by atoms with Crippen molar-refractivity contribution >= 4 is 17.4 Å². The number of rotatable bonds is 5. The van der Waals surface area contributed by atoms with Crippen LogP contribution in [0.5, 0.6) is 0 Å². The fourth-order valence-electron chi connectivity index (χ4n) is 1.81. The Balaban J connectivity index is 2.44. The second kappa shape index (κ2) is 6.50. The van der Waals surface area contributed by atoms with Crippen molar-refractivity contribution in [3.8, 4) is 11.4 Å². The molecule has 0 amide bonds. The lowest BCUT2D eigenvalue weighted by Gasteiger charge is -2.12. The molecule has 0 spiro atoms. The highest BCUT2D eigenvalue weighted by atomic mass is 35.5. The molecule has 19 heavy (non-hydrogen) atoms. The van der Waals surface area contributed by atoms with Crippen LogP contribution in [0.1, 0.15) is 12.5 Å². The molecule has 0 fully saturated rings. The van der Waals surface area contributed by atoms with Crippen LogP contribution in [0.25, 0.3) is 11.4 Å². The summed E-state index contributed by atoms with van der Waals surface area (Å²) in [5, 5.41) is 12.4. The Morgan fingerprint density at radius 2 is 1.95 bits per heavy atom. The third kappa shape index (κ3) is 3.22. The molecule has 5 heteroatoms. The average molecular weight is 278 g/mol. The van der Waals surface area contributed by atoms with Crippen molar-refractivity contribution < 1.29 is 5.11 Å². The minimum absolute atomic E-state index is 0.0471. The number of nitrogens with one attached hydrogen (secondary N) is 1. The topological polar surface area (TPSA) is 58.0 Å². The van der Waals surface area contributed by atoms with Crippen molar-refractivity contribution in [2.75, 3.05) is 18.5 Å². The molecule has 100 valence electrons. The van der Waals surface area contributed by atoms with Crippen molar-refractivity contribution in [2.24, 2.45) is 0 Å². The first-order valence-corrected chi connectivity index (χ1v) is 6.60. The lowest BCUT2D eigenvalue weighted by atomic mass is 10.2. The molecule has 2 aromatic rings. The van der Waals surface area contributed by atoms with Crippen LogP contribution < -0.4 is 5.32 Å². The normalized spacial score (nSPS) is 10.5. The summed E-state index contributed by atoms with van der Waals surface area (Å²) in [5.41, 5.74) is 1.79. The highest BCUT2D eigenvalue weighted by Crippen LogP contribution is 2.25. The molecule has 0 aliphatic carbocycles. The fraction of sp³-hybridized carbons (Fsp3) is 0.286. The zero-order chi connectivity index (χ0) is 13.7. The van der Waals surface area contributed by atoms with Gasteiger partial charge in [-0.15, -0.1) is 0 Å². The molecule has 1 aromatic heterocycles. The highest BCUT2D eigenvalue weighted by Gasteiger charge is 2.12. The van der Waals surface area contributed by atoms with Gasteiger partial charge < -0.3 is 10.4 Å². The standard InChI is InChI=1S/C14H16ClN3O/c1-2-11-12(15)17-13(10-6-4-3-5-7-10)18-14(11)16-8-9-19/h3-7,19H,2,8-9H2,1H3,(H,16,17,18). The quantitative estimate of drug-likeness (QED) is 0.825. The van der Waals surface area contributed by atoms with Gasteiger partial charge in [0.15, 0.2) is 5.82 Å². The van der Waals surface area contributed by atoms with Gasteiger partial charge in [0.2, 0.25) is 0 Å². The lowest BCUT2D eigenvalue weighted by molar-refractivity contribution is 0.311. The van der Waals surface area contributed by atoms with E-state index in [0.29, 0.717) is 23.3 Å². The molecule has 0 unspecified atom stereocenters. The molecule has 1 aromatic carbocycles. The van der Waals surface area contributed by atoms with E-state index in [0.717, 1.165) is 17.5 Å². The Labute approximate surface area is 117 Å². The summed E-state index contributed by atoms with van der Waals surface area (Å²) in [6.45, 7) is 2.48. The van der Waals surface area contributed by atoms with Crippen LogP contribution in [-0.2, 0) is 6.42 Å².